The normalized spacial score (nSPS) is 19.4. The first kappa shape index (κ1) is 16.2. The molecule has 4 rings (SSSR count). The second-order valence-corrected chi connectivity index (χ2v) is 7.15. The molecule has 1 N–H and O–H groups in total. The van der Waals surface area contributed by atoms with Crippen molar-refractivity contribution in [2.45, 2.75) is 64.6 Å². The predicted octanol–water partition coefficient (Wildman–Crippen LogP) is 4.04. The molecule has 1 unspecified atom stereocenters. The Bertz CT molecular complexity index is 759. The number of carbonyl (C=O) groups is 1. The Balaban J connectivity index is 1.51. The number of aryl methyl sites for hydroxylation is 3. The fourth-order valence-corrected chi connectivity index (χ4v) is 3.79. The lowest BCUT2D eigenvalue weighted by Gasteiger charge is -2.36. The van der Waals surface area contributed by atoms with Crippen LogP contribution in [0.3, 0.4) is 0 Å². The molecule has 132 valence electrons. The zero-order valence-electron chi connectivity index (χ0n) is 14.9. The molecule has 1 atom stereocenters. The molecule has 2 aliphatic rings. The quantitative estimate of drug-likeness (QED) is 0.914. The molecule has 2 aromatic rings. The summed E-state index contributed by atoms with van der Waals surface area (Å²) in [6.07, 6.45) is 5.49. The highest BCUT2D eigenvalue weighted by Crippen LogP contribution is 2.40. The number of hydrogen-bond donors (Lipinski definition) is 1. The Labute approximate surface area is 148 Å². The largest absolute Gasteiger partial charge is 0.444 e. The maximum Gasteiger partial charge on any atom is 0.318 e. The van der Waals surface area contributed by atoms with Crippen molar-refractivity contribution in [2.24, 2.45) is 0 Å². The molecule has 1 heterocycles. The van der Waals surface area contributed by atoms with Gasteiger partial charge in [-0.2, -0.15) is 0 Å². The van der Waals surface area contributed by atoms with Gasteiger partial charge < -0.3 is 14.6 Å². The van der Waals surface area contributed by atoms with E-state index in [1.165, 1.54) is 11.1 Å². The molecule has 0 bridgehead atoms. The number of fused-ring (bicyclic) bond motifs is 1. The van der Waals surface area contributed by atoms with Crippen LogP contribution < -0.4 is 5.32 Å². The Hall–Kier alpha value is -2.30. The molecule has 0 spiro atoms. The Morgan fingerprint density at radius 3 is 2.80 bits per heavy atom. The molecular weight excluding hydrogens is 314 g/mol. The number of benzene rings is 1. The fourth-order valence-electron chi connectivity index (χ4n) is 3.79. The van der Waals surface area contributed by atoms with Gasteiger partial charge in [-0.25, -0.2) is 9.78 Å². The van der Waals surface area contributed by atoms with Gasteiger partial charge in [0.2, 0.25) is 5.89 Å². The van der Waals surface area contributed by atoms with Gasteiger partial charge in [0.25, 0.3) is 0 Å². The third-order valence-corrected chi connectivity index (χ3v) is 5.31. The lowest BCUT2D eigenvalue weighted by atomic mass is 9.87. The van der Waals surface area contributed by atoms with Crippen LogP contribution in [0.4, 0.5) is 4.79 Å². The summed E-state index contributed by atoms with van der Waals surface area (Å²) in [5.74, 6) is 1.38. The van der Waals surface area contributed by atoms with Crippen molar-refractivity contribution in [1.82, 2.24) is 15.2 Å². The molecule has 0 radical (unpaired) electrons. The van der Waals surface area contributed by atoms with Crippen molar-refractivity contribution in [3.8, 4) is 0 Å². The van der Waals surface area contributed by atoms with Gasteiger partial charge in [-0.05, 0) is 57.1 Å². The average Bonchev–Trinajstić information content (AvgIpc) is 3.39. The number of hydrogen-bond acceptors (Lipinski definition) is 3. The SMILES string of the molecule is Cc1nc(CNC(=O)N(C2CC2)C2CCCc3ccccc32)oc1C. The van der Waals surface area contributed by atoms with E-state index >= 15 is 0 Å². The van der Waals surface area contributed by atoms with Crippen LogP contribution in [-0.4, -0.2) is 22.0 Å². The molecule has 2 amide bonds. The minimum Gasteiger partial charge on any atom is -0.444 e. The number of urea groups is 1. The molecule has 1 saturated carbocycles. The summed E-state index contributed by atoms with van der Waals surface area (Å²) in [6.45, 7) is 4.15. The minimum atomic E-state index is -0.00212. The van der Waals surface area contributed by atoms with Gasteiger partial charge in [0, 0.05) is 6.04 Å². The predicted molar refractivity (Wildman–Crippen MR) is 95.2 cm³/mol. The zero-order valence-corrected chi connectivity index (χ0v) is 14.9. The van der Waals surface area contributed by atoms with E-state index in [2.05, 4.69) is 39.5 Å². The third-order valence-electron chi connectivity index (χ3n) is 5.31. The summed E-state index contributed by atoms with van der Waals surface area (Å²) in [5, 5.41) is 3.02. The van der Waals surface area contributed by atoms with Gasteiger partial charge in [0.15, 0.2) is 0 Å². The highest BCUT2D eigenvalue weighted by atomic mass is 16.4. The molecule has 25 heavy (non-hydrogen) atoms. The first-order valence-corrected chi connectivity index (χ1v) is 9.20. The lowest BCUT2D eigenvalue weighted by Crippen LogP contribution is -2.44. The summed E-state index contributed by atoms with van der Waals surface area (Å²) in [5.41, 5.74) is 3.58. The molecule has 1 aromatic carbocycles. The van der Waals surface area contributed by atoms with E-state index in [0.29, 0.717) is 18.5 Å². The fraction of sp³-hybridized carbons (Fsp3) is 0.500. The van der Waals surface area contributed by atoms with E-state index in [1.807, 2.05) is 13.8 Å². The van der Waals surface area contributed by atoms with Gasteiger partial charge in [-0.1, -0.05) is 24.3 Å². The van der Waals surface area contributed by atoms with Crippen molar-refractivity contribution in [1.29, 1.82) is 0 Å². The van der Waals surface area contributed by atoms with Gasteiger partial charge in [0.05, 0.1) is 18.3 Å². The number of aromatic nitrogens is 1. The molecule has 1 fully saturated rings. The summed E-state index contributed by atoms with van der Waals surface area (Å²) < 4.78 is 5.58. The summed E-state index contributed by atoms with van der Waals surface area (Å²) in [4.78, 5) is 19.4. The summed E-state index contributed by atoms with van der Waals surface area (Å²) >= 11 is 0. The van der Waals surface area contributed by atoms with Crippen LogP contribution in [0.2, 0.25) is 0 Å². The molecule has 0 saturated heterocycles. The minimum absolute atomic E-state index is 0.00212. The van der Waals surface area contributed by atoms with Crippen molar-refractivity contribution >= 4 is 6.03 Å². The van der Waals surface area contributed by atoms with Crippen LogP contribution in [0.15, 0.2) is 28.7 Å². The molecule has 5 nitrogen and oxygen atoms in total. The van der Waals surface area contributed by atoms with Crippen LogP contribution >= 0.6 is 0 Å². The highest BCUT2D eigenvalue weighted by Gasteiger charge is 2.39. The van der Waals surface area contributed by atoms with Gasteiger partial charge in [0.1, 0.15) is 5.76 Å². The molecular formula is C20H25N3O2. The van der Waals surface area contributed by atoms with Crippen LogP contribution in [0.25, 0.3) is 0 Å². The second-order valence-electron chi connectivity index (χ2n) is 7.15. The van der Waals surface area contributed by atoms with Gasteiger partial charge >= 0.3 is 6.03 Å². The maximum absolute atomic E-state index is 12.9. The maximum atomic E-state index is 12.9. The monoisotopic (exact) mass is 339 g/mol. The molecule has 1 aromatic heterocycles. The number of nitrogens with one attached hydrogen (secondary N) is 1. The first-order valence-electron chi connectivity index (χ1n) is 9.20. The lowest BCUT2D eigenvalue weighted by molar-refractivity contribution is 0.160. The Kier molecular flexibility index (Phi) is 4.24. The standard InChI is InChI=1S/C20H25N3O2/c1-13-14(2)25-19(22-13)12-21-20(24)23(16-10-11-16)18-9-5-7-15-6-3-4-8-17(15)18/h3-4,6,8,16,18H,5,7,9-12H2,1-2H3,(H,21,24). The van der Waals surface area contributed by atoms with E-state index in [4.69, 9.17) is 4.42 Å². The average molecular weight is 339 g/mol. The zero-order chi connectivity index (χ0) is 17.4. The van der Waals surface area contributed by atoms with E-state index in [-0.39, 0.29) is 12.1 Å². The number of amides is 2. The van der Waals surface area contributed by atoms with Gasteiger partial charge in [-0.15, -0.1) is 0 Å². The van der Waals surface area contributed by atoms with Crippen molar-refractivity contribution in [3.63, 3.8) is 0 Å². The molecule has 0 aliphatic heterocycles. The second kappa shape index (κ2) is 6.54. The number of oxazole rings is 1. The van der Waals surface area contributed by atoms with E-state index < -0.39 is 0 Å². The summed E-state index contributed by atoms with van der Waals surface area (Å²) in [7, 11) is 0. The van der Waals surface area contributed by atoms with Crippen molar-refractivity contribution < 1.29 is 9.21 Å². The Morgan fingerprint density at radius 2 is 2.08 bits per heavy atom. The molecule has 5 heteroatoms. The van der Waals surface area contributed by atoms with E-state index in [1.54, 1.807) is 0 Å². The smallest absolute Gasteiger partial charge is 0.318 e. The first-order chi connectivity index (χ1) is 12.1. The van der Waals surface area contributed by atoms with Crippen LogP contribution in [0.1, 0.15) is 60.2 Å². The number of carbonyl (C=O) groups excluding carboxylic acids is 1. The van der Waals surface area contributed by atoms with Crippen LogP contribution in [-0.2, 0) is 13.0 Å². The van der Waals surface area contributed by atoms with Crippen LogP contribution in [0.5, 0.6) is 0 Å². The van der Waals surface area contributed by atoms with Crippen molar-refractivity contribution in [3.05, 3.63) is 52.7 Å². The number of nitrogens with zero attached hydrogens (tertiary/aromatic N) is 2. The van der Waals surface area contributed by atoms with Gasteiger partial charge in [-0.3, -0.25) is 0 Å². The van der Waals surface area contributed by atoms with E-state index in [9.17, 15) is 4.79 Å². The Morgan fingerprint density at radius 1 is 1.28 bits per heavy atom. The third kappa shape index (κ3) is 3.28. The van der Waals surface area contributed by atoms with Crippen molar-refractivity contribution in [2.75, 3.05) is 0 Å². The topological polar surface area (TPSA) is 58.4 Å². The highest BCUT2D eigenvalue weighted by molar-refractivity contribution is 5.75. The van der Waals surface area contributed by atoms with Crippen LogP contribution in [0, 0.1) is 13.8 Å². The number of rotatable bonds is 4. The summed E-state index contributed by atoms with van der Waals surface area (Å²) in [6, 6.07) is 9.10. The van der Waals surface area contributed by atoms with E-state index in [0.717, 1.165) is 43.6 Å². The molecule has 2 aliphatic carbocycles.